The van der Waals surface area contributed by atoms with Gasteiger partial charge in [0.15, 0.2) is 0 Å². The van der Waals surface area contributed by atoms with Crippen LogP contribution in [-0.4, -0.2) is 17.5 Å². The van der Waals surface area contributed by atoms with E-state index in [-0.39, 0.29) is 11.5 Å². The molecule has 2 nitrogen and oxygen atoms in total. The van der Waals surface area contributed by atoms with Gasteiger partial charge in [-0.1, -0.05) is 37.4 Å². The van der Waals surface area contributed by atoms with Crippen LogP contribution in [-0.2, 0) is 5.41 Å². The van der Waals surface area contributed by atoms with Crippen LogP contribution in [0.4, 0.5) is 26.3 Å². The zero-order valence-corrected chi connectivity index (χ0v) is 14.7. The molecule has 0 aliphatic carbocycles. The van der Waals surface area contributed by atoms with Gasteiger partial charge in [-0.05, 0) is 47.9 Å². The third-order valence-electron chi connectivity index (χ3n) is 4.16. The Bertz CT molecular complexity index is 848. The largest absolute Gasteiger partial charge is 0.508 e. The van der Waals surface area contributed by atoms with E-state index in [4.69, 9.17) is 4.74 Å². The summed E-state index contributed by atoms with van der Waals surface area (Å²) in [5, 5.41) is 9.27. The van der Waals surface area contributed by atoms with Crippen molar-refractivity contribution in [1.29, 1.82) is 0 Å². The van der Waals surface area contributed by atoms with E-state index in [1.807, 2.05) is 0 Å². The first-order chi connectivity index (χ1) is 12.8. The number of benzene rings is 2. The van der Waals surface area contributed by atoms with Gasteiger partial charge in [-0.25, -0.2) is 0 Å². The molecule has 0 heterocycles. The molecule has 0 atom stereocenters. The van der Waals surface area contributed by atoms with Crippen molar-refractivity contribution in [3.05, 3.63) is 84.1 Å². The highest BCUT2D eigenvalue weighted by molar-refractivity contribution is 5.47. The molecule has 0 aliphatic rings. The summed E-state index contributed by atoms with van der Waals surface area (Å²) in [6, 6.07) is 6.15. The minimum atomic E-state index is -5.70. The van der Waals surface area contributed by atoms with Crippen LogP contribution in [0.3, 0.4) is 0 Å². The first-order valence-electron chi connectivity index (χ1n) is 7.87. The fraction of sp³-hybridized carbons (Fsp3) is 0.200. The monoisotopic (exact) mass is 402 g/mol. The van der Waals surface area contributed by atoms with Crippen molar-refractivity contribution < 1.29 is 36.2 Å². The number of halogens is 6. The second-order valence-electron chi connectivity index (χ2n) is 6.12. The van der Waals surface area contributed by atoms with Gasteiger partial charge in [-0.2, -0.15) is 26.3 Å². The van der Waals surface area contributed by atoms with Crippen LogP contribution in [0.1, 0.15) is 18.1 Å². The van der Waals surface area contributed by atoms with E-state index in [9.17, 15) is 31.4 Å². The number of ether oxygens (including phenoxy) is 1. The minimum Gasteiger partial charge on any atom is -0.508 e. The molecule has 0 bridgehead atoms. The standard InChI is InChI=1S/C20H16F6O2/c1-12(2)13(3)28-17-10-6-15(7-11-17)18(19(21,22)23,20(24,25)26)14-4-8-16(27)9-5-14/h4-11,27H,1,3H2,2H3. The molecule has 150 valence electrons. The summed E-state index contributed by atoms with van der Waals surface area (Å²) in [7, 11) is 0. The van der Waals surface area contributed by atoms with Crippen LogP contribution in [0, 0.1) is 0 Å². The Kier molecular flexibility index (Phi) is 5.55. The normalized spacial score (nSPS) is 12.5. The average molecular weight is 402 g/mol. The SMILES string of the molecule is C=C(C)C(=C)Oc1ccc(C(c2ccc(O)cc2)(C(F)(F)F)C(F)(F)F)cc1. The molecular weight excluding hydrogens is 386 g/mol. The van der Waals surface area contributed by atoms with Gasteiger partial charge in [0.05, 0.1) is 0 Å². The zero-order chi connectivity index (χ0) is 21.3. The van der Waals surface area contributed by atoms with Crippen LogP contribution in [0.15, 0.2) is 73.0 Å². The number of allylic oxidation sites excluding steroid dienone is 1. The van der Waals surface area contributed by atoms with Crippen molar-refractivity contribution in [2.24, 2.45) is 0 Å². The molecule has 0 saturated carbocycles. The van der Waals surface area contributed by atoms with Crippen molar-refractivity contribution in [2.75, 3.05) is 0 Å². The van der Waals surface area contributed by atoms with E-state index >= 15 is 0 Å². The van der Waals surface area contributed by atoms with Gasteiger partial charge in [0.1, 0.15) is 17.3 Å². The summed E-state index contributed by atoms with van der Waals surface area (Å²) < 4.78 is 88.8. The molecule has 0 amide bonds. The number of hydrogen-bond acceptors (Lipinski definition) is 2. The molecule has 28 heavy (non-hydrogen) atoms. The Morgan fingerprint density at radius 2 is 1.18 bits per heavy atom. The fourth-order valence-corrected chi connectivity index (χ4v) is 2.70. The molecule has 8 heteroatoms. The molecule has 0 spiro atoms. The number of hydrogen-bond donors (Lipinski definition) is 1. The maximum atomic E-state index is 13.9. The van der Waals surface area contributed by atoms with Gasteiger partial charge in [-0.15, -0.1) is 0 Å². The topological polar surface area (TPSA) is 29.5 Å². The smallest absolute Gasteiger partial charge is 0.411 e. The van der Waals surface area contributed by atoms with Crippen molar-refractivity contribution >= 4 is 0 Å². The predicted molar refractivity (Wildman–Crippen MR) is 92.0 cm³/mol. The predicted octanol–water partition coefficient (Wildman–Crippen LogP) is 6.27. The molecule has 2 rings (SSSR count). The number of alkyl halides is 6. The molecule has 0 fully saturated rings. The molecule has 0 radical (unpaired) electrons. The lowest BCUT2D eigenvalue weighted by Gasteiger charge is -2.38. The molecule has 0 saturated heterocycles. The molecule has 1 N–H and O–H groups in total. The van der Waals surface area contributed by atoms with Crippen LogP contribution in [0.5, 0.6) is 11.5 Å². The van der Waals surface area contributed by atoms with Gasteiger partial charge in [-0.3, -0.25) is 0 Å². The number of aromatic hydroxyl groups is 1. The Hall–Kier alpha value is -2.90. The molecule has 0 aromatic heterocycles. The summed E-state index contributed by atoms with van der Waals surface area (Å²) in [5.74, 6) is -0.311. The summed E-state index contributed by atoms with van der Waals surface area (Å²) in [6.45, 7) is 8.71. The van der Waals surface area contributed by atoms with Gasteiger partial charge < -0.3 is 9.84 Å². The highest BCUT2D eigenvalue weighted by atomic mass is 19.4. The second kappa shape index (κ2) is 7.26. The van der Waals surface area contributed by atoms with E-state index < -0.39 is 34.6 Å². The Morgan fingerprint density at radius 1 is 0.786 bits per heavy atom. The molecule has 2 aromatic rings. The van der Waals surface area contributed by atoms with Crippen molar-refractivity contribution in [2.45, 2.75) is 24.7 Å². The summed E-state index contributed by atoms with van der Waals surface area (Å²) >= 11 is 0. The van der Waals surface area contributed by atoms with E-state index in [2.05, 4.69) is 13.2 Å². The summed E-state index contributed by atoms with van der Waals surface area (Å²) in [4.78, 5) is 0. The summed E-state index contributed by atoms with van der Waals surface area (Å²) in [6.07, 6.45) is -11.4. The number of phenols is 1. The van der Waals surface area contributed by atoms with E-state index in [1.54, 1.807) is 6.92 Å². The zero-order valence-electron chi connectivity index (χ0n) is 14.7. The molecule has 0 aliphatic heterocycles. The lowest BCUT2D eigenvalue weighted by Crippen LogP contribution is -2.54. The van der Waals surface area contributed by atoms with E-state index in [0.29, 0.717) is 29.8 Å². The van der Waals surface area contributed by atoms with Crippen LogP contribution < -0.4 is 4.74 Å². The van der Waals surface area contributed by atoms with Gasteiger partial charge in [0.25, 0.3) is 0 Å². The van der Waals surface area contributed by atoms with Crippen molar-refractivity contribution in [3.63, 3.8) is 0 Å². The lowest BCUT2D eigenvalue weighted by atomic mass is 9.73. The highest BCUT2D eigenvalue weighted by Gasteiger charge is 2.72. The number of phenolic OH excluding ortho intramolecular Hbond substituents is 1. The summed E-state index contributed by atoms with van der Waals surface area (Å²) in [5.41, 5.74) is -5.93. The van der Waals surface area contributed by atoms with E-state index in [1.165, 1.54) is 0 Å². The van der Waals surface area contributed by atoms with Crippen molar-refractivity contribution in [1.82, 2.24) is 0 Å². The first-order valence-corrected chi connectivity index (χ1v) is 7.87. The molecule has 0 unspecified atom stereocenters. The quantitative estimate of drug-likeness (QED) is 0.363. The fourth-order valence-electron chi connectivity index (χ4n) is 2.70. The van der Waals surface area contributed by atoms with Gasteiger partial charge in [0, 0.05) is 0 Å². The number of rotatable bonds is 5. The Morgan fingerprint density at radius 3 is 1.54 bits per heavy atom. The maximum Gasteiger partial charge on any atom is 0.411 e. The third kappa shape index (κ3) is 3.72. The van der Waals surface area contributed by atoms with Crippen LogP contribution in [0.2, 0.25) is 0 Å². The minimum absolute atomic E-state index is 0.0145. The van der Waals surface area contributed by atoms with E-state index in [0.717, 1.165) is 24.3 Å². The molecule has 2 aromatic carbocycles. The lowest BCUT2D eigenvalue weighted by molar-refractivity contribution is -0.288. The molecular formula is C20H16F6O2. The second-order valence-corrected chi connectivity index (χ2v) is 6.12. The Labute approximate surface area is 157 Å². The maximum absolute atomic E-state index is 13.9. The first kappa shape index (κ1) is 21.4. The van der Waals surface area contributed by atoms with Crippen LogP contribution >= 0.6 is 0 Å². The Balaban J connectivity index is 2.67. The van der Waals surface area contributed by atoms with Gasteiger partial charge >= 0.3 is 12.4 Å². The third-order valence-corrected chi connectivity index (χ3v) is 4.16. The average Bonchev–Trinajstić information content (AvgIpc) is 2.56. The van der Waals surface area contributed by atoms with Crippen molar-refractivity contribution in [3.8, 4) is 11.5 Å². The van der Waals surface area contributed by atoms with Crippen LogP contribution in [0.25, 0.3) is 0 Å². The highest BCUT2D eigenvalue weighted by Crippen LogP contribution is 2.56. The van der Waals surface area contributed by atoms with Gasteiger partial charge in [0.2, 0.25) is 5.41 Å².